The third-order valence-electron chi connectivity index (χ3n) is 2.07. The fourth-order valence-corrected chi connectivity index (χ4v) is 2.49. The fraction of sp³-hybridized carbons (Fsp3) is 1.00. The summed E-state index contributed by atoms with van der Waals surface area (Å²) in [5.41, 5.74) is 0. The van der Waals surface area contributed by atoms with Crippen LogP contribution in [0.1, 0.15) is 26.2 Å². The summed E-state index contributed by atoms with van der Waals surface area (Å²) in [5, 5.41) is 0. The molecule has 0 aliphatic carbocycles. The number of sulfonamides is 1. The minimum absolute atomic E-state index is 0.180. The molecule has 0 aromatic rings. The molecule has 1 aliphatic rings. The van der Waals surface area contributed by atoms with Gasteiger partial charge in [-0.2, -0.15) is 0 Å². The van der Waals surface area contributed by atoms with Crippen molar-refractivity contribution in [1.29, 1.82) is 0 Å². The normalized spacial score (nSPS) is 19.3. The molecule has 0 bridgehead atoms. The zero-order chi connectivity index (χ0) is 11.1. The Morgan fingerprint density at radius 2 is 2.00 bits per heavy atom. The van der Waals surface area contributed by atoms with Gasteiger partial charge in [0.2, 0.25) is 10.0 Å². The molecular weight excluding hydrogens is 218 g/mol. The molecular formula is C9H19NO4S. The van der Waals surface area contributed by atoms with E-state index in [1.165, 1.54) is 0 Å². The quantitative estimate of drug-likeness (QED) is 0.729. The maximum absolute atomic E-state index is 11.3. The van der Waals surface area contributed by atoms with E-state index in [1.807, 2.05) is 6.92 Å². The van der Waals surface area contributed by atoms with Crippen LogP contribution in [0.15, 0.2) is 0 Å². The number of rotatable bonds is 6. The molecule has 1 saturated heterocycles. The summed E-state index contributed by atoms with van der Waals surface area (Å²) in [6.45, 7) is 3.62. The van der Waals surface area contributed by atoms with E-state index in [2.05, 4.69) is 4.72 Å². The first kappa shape index (κ1) is 12.9. The van der Waals surface area contributed by atoms with Gasteiger partial charge in [0.1, 0.15) is 0 Å². The van der Waals surface area contributed by atoms with E-state index in [0.29, 0.717) is 32.6 Å². The van der Waals surface area contributed by atoms with E-state index in [0.717, 1.165) is 6.42 Å². The highest BCUT2D eigenvalue weighted by Gasteiger charge is 2.15. The minimum atomic E-state index is -3.09. The van der Waals surface area contributed by atoms with Crippen molar-refractivity contribution in [1.82, 2.24) is 4.72 Å². The topological polar surface area (TPSA) is 64.6 Å². The predicted octanol–water partition coefficient (Wildman–Crippen LogP) is 0.469. The molecule has 0 amide bonds. The third kappa shape index (κ3) is 5.46. The first-order chi connectivity index (χ1) is 7.14. The summed E-state index contributed by atoms with van der Waals surface area (Å²) >= 11 is 0. The largest absolute Gasteiger partial charge is 0.353 e. The molecule has 0 aromatic carbocycles. The SMILES string of the molecule is CCCS(=O)(=O)NCCC1OCCCO1. The molecule has 1 rings (SSSR count). The van der Waals surface area contributed by atoms with Gasteiger partial charge in [0, 0.05) is 13.0 Å². The molecule has 5 nitrogen and oxygen atoms in total. The van der Waals surface area contributed by atoms with Crippen LogP contribution >= 0.6 is 0 Å². The van der Waals surface area contributed by atoms with Crippen molar-refractivity contribution < 1.29 is 17.9 Å². The molecule has 0 aromatic heterocycles. The first-order valence-corrected chi connectivity index (χ1v) is 7.00. The third-order valence-corrected chi connectivity index (χ3v) is 3.66. The number of hydrogen-bond donors (Lipinski definition) is 1. The Morgan fingerprint density at radius 3 is 2.60 bits per heavy atom. The highest BCUT2D eigenvalue weighted by molar-refractivity contribution is 7.89. The van der Waals surface area contributed by atoms with Gasteiger partial charge in [-0.3, -0.25) is 0 Å². The Bertz CT molecular complexity index is 259. The van der Waals surface area contributed by atoms with Crippen molar-refractivity contribution in [2.24, 2.45) is 0 Å². The number of nitrogens with one attached hydrogen (secondary N) is 1. The van der Waals surface area contributed by atoms with Crippen LogP contribution < -0.4 is 4.72 Å². The summed E-state index contributed by atoms with van der Waals surface area (Å²) in [6.07, 6.45) is 1.87. The molecule has 0 spiro atoms. The van der Waals surface area contributed by atoms with Gasteiger partial charge in [-0.15, -0.1) is 0 Å². The molecule has 1 N–H and O–H groups in total. The Balaban J connectivity index is 2.14. The Morgan fingerprint density at radius 1 is 1.33 bits per heavy atom. The maximum atomic E-state index is 11.3. The molecule has 1 fully saturated rings. The fourth-order valence-electron chi connectivity index (χ4n) is 1.38. The lowest BCUT2D eigenvalue weighted by Crippen LogP contribution is -2.32. The van der Waals surface area contributed by atoms with E-state index < -0.39 is 10.0 Å². The van der Waals surface area contributed by atoms with Crippen LogP contribution in [-0.2, 0) is 19.5 Å². The predicted molar refractivity (Wildman–Crippen MR) is 57.0 cm³/mol. The second-order valence-corrected chi connectivity index (χ2v) is 5.45. The van der Waals surface area contributed by atoms with Crippen molar-refractivity contribution >= 4 is 10.0 Å². The first-order valence-electron chi connectivity index (χ1n) is 5.34. The molecule has 6 heteroatoms. The molecule has 0 atom stereocenters. The minimum Gasteiger partial charge on any atom is -0.353 e. The lowest BCUT2D eigenvalue weighted by molar-refractivity contribution is -0.180. The standard InChI is InChI=1S/C9H19NO4S/c1-2-8-15(11,12)10-5-4-9-13-6-3-7-14-9/h9-10H,2-8H2,1H3. The summed E-state index contributed by atoms with van der Waals surface area (Å²) in [7, 11) is -3.09. The maximum Gasteiger partial charge on any atom is 0.211 e. The average molecular weight is 237 g/mol. The van der Waals surface area contributed by atoms with Gasteiger partial charge in [-0.25, -0.2) is 13.1 Å². The monoisotopic (exact) mass is 237 g/mol. The lowest BCUT2D eigenvalue weighted by Gasteiger charge is -2.23. The van der Waals surface area contributed by atoms with Crippen LogP contribution in [0.2, 0.25) is 0 Å². The molecule has 0 saturated carbocycles. The summed E-state index contributed by atoms with van der Waals surface area (Å²) in [5.74, 6) is 0.180. The number of ether oxygens (including phenoxy) is 2. The van der Waals surface area contributed by atoms with Crippen molar-refractivity contribution in [3.8, 4) is 0 Å². The van der Waals surface area contributed by atoms with Gasteiger partial charge in [-0.1, -0.05) is 6.92 Å². The van der Waals surface area contributed by atoms with Crippen LogP contribution in [0.4, 0.5) is 0 Å². The van der Waals surface area contributed by atoms with Gasteiger partial charge in [0.05, 0.1) is 19.0 Å². The zero-order valence-electron chi connectivity index (χ0n) is 9.07. The van der Waals surface area contributed by atoms with Crippen LogP contribution in [0.25, 0.3) is 0 Å². The van der Waals surface area contributed by atoms with E-state index in [9.17, 15) is 8.42 Å². The van der Waals surface area contributed by atoms with Gasteiger partial charge in [-0.05, 0) is 12.8 Å². The second kappa shape index (κ2) is 6.42. The van der Waals surface area contributed by atoms with Crippen molar-refractivity contribution in [3.05, 3.63) is 0 Å². The number of hydrogen-bond acceptors (Lipinski definition) is 4. The molecule has 0 radical (unpaired) electrons. The Kier molecular flexibility index (Phi) is 5.52. The van der Waals surface area contributed by atoms with Crippen molar-refractivity contribution in [3.63, 3.8) is 0 Å². The zero-order valence-corrected chi connectivity index (χ0v) is 9.88. The highest BCUT2D eigenvalue weighted by atomic mass is 32.2. The molecule has 0 unspecified atom stereocenters. The second-order valence-electron chi connectivity index (χ2n) is 3.53. The summed E-state index contributed by atoms with van der Waals surface area (Å²) < 4.78 is 35.7. The van der Waals surface area contributed by atoms with Gasteiger partial charge in [0.15, 0.2) is 6.29 Å². The molecule has 1 aliphatic heterocycles. The smallest absolute Gasteiger partial charge is 0.211 e. The van der Waals surface area contributed by atoms with Crippen LogP contribution in [-0.4, -0.2) is 40.2 Å². The van der Waals surface area contributed by atoms with E-state index in [4.69, 9.17) is 9.47 Å². The molecule has 1 heterocycles. The van der Waals surface area contributed by atoms with Gasteiger partial charge >= 0.3 is 0 Å². The van der Waals surface area contributed by atoms with Crippen LogP contribution in [0.3, 0.4) is 0 Å². The Labute approximate surface area is 91.2 Å². The van der Waals surface area contributed by atoms with Crippen molar-refractivity contribution in [2.45, 2.75) is 32.5 Å². The van der Waals surface area contributed by atoms with Crippen molar-refractivity contribution in [2.75, 3.05) is 25.5 Å². The van der Waals surface area contributed by atoms with Gasteiger partial charge < -0.3 is 9.47 Å². The van der Waals surface area contributed by atoms with E-state index in [1.54, 1.807) is 0 Å². The molecule has 90 valence electrons. The summed E-state index contributed by atoms with van der Waals surface area (Å²) in [4.78, 5) is 0. The lowest BCUT2D eigenvalue weighted by atomic mass is 10.4. The average Bonchev–Trinajstić information content (AvgIpc) is 2.19. The molecule has 15 heavy (non-hydrogen) atoms. The van der Waals surface area contributed by atoms with Crippen LogP contribution in [0.5, 0.6) is 0 Å². The Hall–Kier alpha value is -0.170. The van der Waals surface area contributed by atoms with Gasteiger partial charge in [0.25, 0.3) is 0 Å². The summed E-state index contributed by atoms with van der Waals surface area (Å²) in [6, 6.07) is 0. The van der Waals surface area contributed by atoms with E-state index >= 15 is 0 Å². The highest BCUT2D eigenvalue weighted by Crippen LogP contribution is 2.07. The van der Waals surface area contributed by atoms with Crippen LogP contribution in [0, 0.1) is 0 Å². The van der Waals surface area contributed by atoms with E-state index in [-0.39, 0.29) is 12.0 Å².